The van der Waals surface area contributed by atoms with Crippen LogP contribution in [0.1, 0.15) is 43.6 Å². The van der Waals surface area contributed by atoms with Crippen molar-refractivity contribution in [3.63, 3.8) is 0 Å². The van der Waals surface area contributed by atoms with E-state index in [1.807, 2.05) is 33.8 Å². The molecule has 0 aliphatic heterocycles. The molecule has 0 aliphatic carbocycles. The van der Waals surface area contributed by atoms with Crippen molar-refractivity contribution in [3.8, 4) is 5.75 Å². The van der Waals surface area contributed by atoms with Crippen LogP contribution in [0.25, 0.3) is 0 Å². The van der Waals surface area contributed by atoms with Crippen LogP contribution in [0.5, 0.6) is 5.75 Å². The van der Waals surface area contributed by atoms with E-state index in [-0.39, 0.29) is 24.3 Å². The van der Waals surface area contributed by atoms with Gasteiger partial charge in [0.15, 0.2) is 12.4 Å². The van der Waals surface area contributed by atoms with E-state index < -0.39 is 0 Å². The molecule has 4 heteroatoms. The predicted molar refractivity (Wildman–Crippen MR) is 79.1 cm³/mol. The maximum atomic E-state index is 11.8. The van der Waals surface area contributed by atoms with Crippen LogP contribution in [-0.2, 0) is 4.79 Å². The molecule has 110 valence electrons. The van der Waals surface area contributed by atoms with E-state index in [0.717, 1.165) is 5.56 Å². The lowest BCUT2D eigenvalue weighted by atomic mass is 10.1. The Bertz CT molecular complexity index is 494. The molecule has 0 fully saturated rings. The first-order valence-corrected chi connectivity index (χ1v) is 6.85. The Morgan fingerprint density at radius 2 is 1.90 bits per heavy atom. The fourth-order valence-electron chi connectivity index (χ4n) is 1.65. The second kappa shape index (κ2) is 7.08. The van der Waals surface area contributed by atoms with Gasteiger partial charge in [0.1, 0.15) is 5.75 Å². The third-order valence-electron chi connectivity index (χ3n) is 3.26. The summed E-state index contributed by atoms with van der Waals surface area (Å²) in [7, 11) is 0. The second-order valence-electron chi connectivity index (χ2n) is 5.44. The van der Waals surface area contributed by atoms with Crippen molar-refractivity contribution in [2.24, 2.45) is 5.92 Å². The van der Waals surface area contributed by atoms with Crippen LogP contribution in [0.3, 0.4) is 0 Å². The number of amides is 1. The van der Waals surface area contributed by atoms with Gasteiger partial charge in [-0.05, 0) is 38.8 Å². The van der Waals surface area contributed by atoms with E-state index in [1.165, 1.54) is 6.92 Å². The molecule has 1 rings (SSSR count). The van der Waals surface area contributed by atoms with Crippen molar-refractivity contribution in [1.29, 1.82) is 0 Å². The van der Waals surface area contributed by atoms with E-state index in [0.29, 0.717) is 17.2 Å². The summed E-state index contributed by atoms with van der Waals surface area (Å²) in [6, 6.07) is 5.45. The number of ketones is 1. The maximum absolute atomic E-state index is 11.8. The van der Waals surface area contributed by atoms with Crippen molar-refractivity contribution < 1.29 is 14.3 Å². The fourth-order valence-corrected chi connectivity index (χ4v) is 1.65. The molecular formula is C16H23NO3. The molecule has 0 spiro atoms. The summed E-state index contributed by atoms with van der Waals surface area (Å²) in [4.78, 5) is 23.3. The van der Waals surface area contributed by atoms with Crippen LogP contribution in [-0.4, -0.2) is 24.3 Å². The highest BCUT2D eigenvalue weighted by Crippen LogP contribution is 2.20. The Hall–Kier alpha value is -1.84. The molecule has 1 aromatic rings. The highest BCUT2D eigenvalue weighted by Gasteiger charge is 2.13. The van der Waals surface area contributed by atoms with Crippen molar-refractivity contribution >= 4 is 11.7 Å². The third kappa shape index (κ3) is 4.68. The fraction of sp³-hybridized carbons (Fsp3) is 0.500. The minimum Gasteiger partial charge on any atom is -0.483 e. The summed E-state index contributed by atoms with van der Waals surface area (Å²) >= 11 is 0. The van der Waals surface area contributed by atoms with Crippen LogP contribution in [0.4, 0.5) is 0 Å². The molecule has 20 heavy (non-hydrogen) atoms. The van der Waals surface area contributed by atoms with E-state index >= 15 is 0 Å². The van der Waals surface area contributed by atoms with Gasteiger partial charge in [0, 0.05) is 6.04 Å². The number of nitrogens with one attached hydrogen (secondary N) is 1. The molecular weight excluding hydrogens is 254 g/mol. The number of hydrogen-bond donors (Lipinski definition) is 1. The SMILES string of the molecule is CC(=O)c1cc(C)ccc1OCC(=O)NC(C)C(C)C. The highest BCUT2D eigenvalue weighted by molar-refractivity contribution is 5.97. The third-order valence-corrected chi connectivity index (χ3v) is 3.26. The standard InChI is InChI=1S/C16H23NO3/c1-10(2)12(4)17-16(19)9-20-15-7-6-11(3)8-14(15)13(5)18/h6-8,10,12H,9H2,1-5H3,(H,17,19). The van der Waals surface area contributed by atoms with Crippen LogP contribution >= 0.6 is 0 Å². The van der Waals surface area contributed by atoms with Crippen LogP contribution < -0.4 is 10.1 Å². The topological polar surface area (TPSA) is 55.4 Å². The number of aryl methyl sites for hydroxylation is 1. The van der Waals surface area contributed by atoms with E-state index in [2.05, 4.69) is 5.32 Å². The van der Waals surface area contributed by atoms with Crippen LogP contribution in [0, 0.1) is 12.8 Å². The molecule has 0 heterocycles. The number of benzene rings is 1. The smallest absolute Gasteiger partial charge is 0.258 e. The van der Waals surface area contributed by atoms with Gasteiger partial charge in [-0.3, -0.25) is 9.59 Å². The monoisotopic (exact) mass is 277 g/mol. The largest absolute Gasteiger partial charge is 0.483 e. The second-order valence-corrected chi connectivity index (χ2v) is 5.44. The first-order valence-electron chi connectivity index (χ1n) is 6.85. The van der Waals surface area contributed by atoms with E-state index in [4.69, 9.17) is 4.74 Å². The first kappa shape index (κ1) is 16.2. The Kier molecular flexibility index (Phi) is 5.74. The van der Waals surface area contributed by atoms with Gasteiger partial charge in [0.25, 0.3) is 5.91 Å². The lowest BCUT2D eigenvalue weighted by Gasteiger charge is -2.18. The van der Waals surface area contributed by atoms with Crippen LogP contribution in [0.15, 0.2) is 18.2 Å². The van der Waals surface area contributed by atoms with Gasteiger partial charge < -0.3 is 10.1 Å². The van der Waals surface area contributed by atoms with E-state index in [9.17, 15) is 9.59 Å². The Balaban J connectivity index is 2.66. The first-order chi connectivity index (χ1) is 9.31. The predicted octanol–water partition coefficient (Wildman–Crippen LogP) is 2.74. The summed E-state index contributed by atoms with van der Waals surface area (Å²) in [5.74, 6) is 0.572. The normalized spacial score (nSPS) is 12.1. The minimum absolute atomic E-state index is 0.0698. The maximum Gasteiger partial charge on any atom is 0.258 e. The van der Waals surface area contributed by atoms with Gasteiger partial charge in [0.05, 0.1) is 5.56 Å². The van der Waals surface area contributed by atoms with Crippen molar-refractivity contribution in [2.45, 2.75) is 40.7 Å². The summed E-state index contributed by atoms with van der Waals surface area (Å²) in [6.45, 7) is 9.35. The minimum atomic E-state index is -0.179. The number of hydrogen-bond acceptors (Lipinski definition) is 3. The van der Waals surface area contributed by atoms with Gasteiger partial charge in [-0.25, -0.2) is 0 Å². The number of carbonyl (C=O) groups is 2. The van der Waals surface area contributed by atoms with Crippen molar-refractivity contribution in [2.75, 3.05) is 6.61 Å². The zero-order chi connectivity index (χ0) is 15.3. The molecule has 1 unspecified atom stereocenters. The molecule has 1 aromatic carbocycles. The summed E-state index contributed by atoms with van der Waals surface area (Å²) < 4.78 is 5.46. The number of Topliss-reactive ketones (excluding diaryl/α,β-unsaturated/α-hetero) is 1. The summed E-state index contributed by atoms with van der Waals surface area (Å²) in [5, 5.41) is 2.86. The van der Waals surface area contributed by atoms with Gasteiger partial charge in [-0.1, -0.05) is 25.5 Å². The molecule has 1 amide bonds. The molecule has 0 aromatic heterocycles. The quantitative estimate of drug-likeness (QED) is 0.813. The van der Waals surface area contributed by atoms with Gasteiger partial charge in [-0.2, -0.15) is 0 Å². The van der Waals surface area contributed by atoms with Gasteiger partial charge in [0.2, 0.25) is 0 Å². The molecule has 0 radical (unpaired) electrons. The molecule has 4 nitrogen and oxygen atoms in total. The molecule has 0 bridgehead atoms. The zero-order valence-electron chi connectivity index (χ0n) is 12.8. The summed E-state index contributed by atoms with van der Waals surface area (Å²) in [5.41, 5.74) is 1.50. The molecule has 0 aliphatic rings. The lowest BCUT2D eigenvalue weighted by Crippen LogP contribution is -2.39. The summed E-state index contributed by atoms with van der Waals surface area (Å²) in [6.07, 6.45) is 0. The molecule has 0 saturated carbocycles. The molecule has 1 N–H and O–H groups in total. The van der Waals surface area contributed by atoms with Gasteiger partial charge in [-0.15, -0.1) is 0 Å². The Morgan fingerprint density at radius 1 is 1.25 bits per heavy atom. The van der Waals surface area contributed by atoms with Crippen LogP contribution in [0.2, 0.25) is 0 Å². The highest BCUT2D eigenvalue weighted by atomic mass is 16.5. The number of rotatable bonds is 6. The molecule has 0 saturated heterocycles. The Morgan fingerprint density at radius 3 is 2.45 bits per heavy atom. The average molecular weight is 277 g/mol. The number of carbonyl (C=O) groups excluding carboxylic acids is 2. The molecule has 1 atom stereocenters. The van der Waals surface area contributed by atoms with E-state index in [1.54, 1.807) is 12.1 Å². The van der Waals surface area contributed by atoms with Gasteiger partial charge >= 0.3 is 0 Å². The van der Waals surface area contributed by atoms with Crippen molar-refractivity contribution in [3.05, 3.63) is 29.3 Å². The zero-order valence-corrected chi connectivity index (χ0v) is 12.8. The number of ether oxygens (including phenoxy) is 1. The lowest BCUT2D eigenvalue weighted by molar-refractivity contribution is -0.124. The van der Waals surface area contributed by atoms with Crippen molar-refractivity contribution in [1.82, 2.24) is 5.32 Å². The average Bonchev–Trinajstić information content (AvgIpc) is 2.36. The Labute approximate surface area is 120 Å².